The van der Waals surface area contributed by atoms with Gasteiger partial charge in [0.05, 0.1) is 12.7 Å². The monoisotopic (exact) mass is 476 g/mol. The highest BCUT2D eigenvalue weighted by Gasteiger charge is 2.41. The van der Waals surface area contributed by atoms with Gasteiger partial charge in [0.1, 0.15) is 5.75 Å². The number of ether oxygens (including phenoxy) is 2. The van der Waals surface area contributed by atoms with Crippen molar-refractivity contribution in [2.45, 2.75) is 50.5 Å². The maximum Gasteiger partial charge on any atom is 0.227 e. The number of aromatic nitrogens is 3. The SMILES string of the molecule is COc1ccc(CCC(=O)N2CCC3(CC2)CC(Cc2nc(-c4cccnc4)no2)CCO3)cc1. The van der Waals surface area contributed by atoms with Crippen molar-refractivity contribution in [3.05, 3.63) is 60.2 Å². The maximum atomic E-state index is 12.8. The quantitative estimate of drug-likeness (QED) is 0.507. The van der Waals surface area contributed by atoms with E-state index in [0.717, 1.165) is 75.1 Å². The van der Waals surface area contributed by atoms with Crippen molar-refractivity contribution in [2.24, 2.45) is 5.92 Å². The van der Waals surface area contributed by atoms with Gasteiger partial charge in [0.2, 0.25) is 17.6 Å². The van der Waals surface area contributed by atoms with Crippen LogP contribution < -0.4 is 4.74 Å². The minimum atomic E-state index is -0.151. The smallest absolute Gasteiger partial charge is 0.227 e. The Bertz CT molecular complexity index is 1110. The minimum absolute atomic E-state index is 0.151. The van der Waals surface area contributed by atoms with Crippen molar-refractivity contribution in [1.82, 2.24) is 20.0 Å². The molecule has 184 valence electrons. The number of methoxy groups -OCH3 is 1. The van der Waals surface area contributed by atoms with Crippen LogP contribution in [0.2, 0.25) is 0 Å². The third kappa shape index (κ3) is 5.70. The largest absolute Gasteiger partial charge is 0.497 e. The summed E-state index contributed by atoms with van der Waals surface area (Å²) in [7, 11) is 1.66. The zero-order valence-corrected chi connectivity index (χ0v) is 20.2. The minimum Gasteiger partial charge on any atom is -0.497 e. The predicted molar refractivity (Wildman–Crippen MR) is 130 cm³/mol. The first-order valence-electron chi connectivity index (χ1n) is 12.4. The summed E-state index contributed by atoms with van der Waals surface area (Å²) in [6.45, 7) is 2.24. The van der Waals surface area contributed by atoms with E-state index in [4.69, 9.17) is 14.0 Å². The first-order valence-corrected chi connectivity index (χ1v) is 12.4. The van der Waals surface area contributed by atoms with E-state index < -0.39 is 0 Å². The van der Waals surface area contributed by atoms with E-state index in [0.29, 0.717) is 24.1 Å². The Morgan fingerprint density at radius 3 is 2.77 bits per heavy atom. The summed E-state index contributed by atoms with van der Waals surface area (Å²) in [6, 6.07) is 11.7. The average molecular weight is 477 g/mol. The van der Waals surface area contributed by atoms with Gasteiger partial charge in [-0.25, -0.2) is 0 Å². The molecule has 2 saturated heterocycles. The van der Waals surface area contributed by atoms with Crippen molar-refractivity contribution < 1.29 is 18.8 Å². The molecular weight excluding hydrogens is 444 g/mol. The number of likely N-dealkylation sites (tertiary alicyclic amines) is 1. The number of rotatable bonds is 7. The lowest BCUT2D eigenvalue weighted by atomic mass is 9.78. The number of piperidine rings is 1. The van der Waals surface area contributed by atoms with E-state index >= 15 is 0 Å². The van der Waals surface area contributed by atoms with E-state index in [-0.39, 0.29) is 11.5 Å². The Hall–Kier alpha value is -3.26. The van der Waals surface area contributed by atoms with Crippen molar-refractivity contribution in [3.63, 3.8) is 0 Å². The van der Waals surface area contributed by atoms with Gasteiger partial charge in [-0.15, -0.1) is 0 Å². The molecule has 2 aliphatic rings. The van der Waals surface area contributed by atoms with Crippen molar-refractivity contribution >= 4 is 5.91 Å². The second kappa shape index (κ2) is 10.6. The number of aryl methyl sites for hydroxylation is 1. The molecule has 0 bridgehead atoms. The van der Waals surface area contributed by atoms with Gasteiger partial charge < -0.3 is 18.9 Å². The summed E-state index contributed by atoms with van der Waals surface area (Å²) in [5.41, 5.74) is 1.86. The van der Waals surface area contributed by atoms with Crippen molar-refractivity contribution in [3.8, 4) is 17.1 Å². The van der Waals surface area contributed by atoms with Gasteiger partial charge in [0.25, 0.3) is 0 Å². The van der Waals surface area contributed by atoms with E-state index in [1.165, 1.54) is 0 Å². The van der Waals surface area contributed by atoms with Crippen LogP contribution in [0.25, 0.3) is 11.4 Å². The van der Waals surface area contributed by atoms with Gasteiger partial charge in [-0.3, -0.25) is 9.78 Å². The van der Waals surface area contributed by atoms with Crippen LogP contribution in [0.1, 0.15) is 43.6 Å². The summed E-state index contributed by atoms with van der Waals surface area (Å²) in [5.74, 6) is 2.73. The van der Waals surface area contributed by atoms with E-state index in [1.807, 2.05) is 41.3 Å². The van der Waals surface area contributed by atoms with Gasteiger partial charge in [-0.2, -0.15) is 4.98 Å². The van der Waals surface area contributed by atoms with Crippen LogP contribution in [0.15, 0.2) is 53.3 Å². The molecule has 0 aliphatic carbocycles. The molecule has 1 atom stereocenters. The molecule has 0 saturated carbocycles. The Morgan fingerprint density at radius 2 is 2.03 bits per heavy atom. The topological polar surface area (TPSA) is 90.6 Å². The predicted octanol–water partition coefficient (Wildman–Crippen LogP) is 4.10. The Kier molecular flexibility index (Phi) is 7.08. The molecule has 3 aromatic rings. The number of hydrogen-bond acceptors (Lipinski definition) is 7. The first-order chi connectivity index (χ1) is 17.1. The highest BCUT2D eigenvalue weighted by molar-refractivity contribution is 5.76. The number of carbonyl (C=O) groups excluding carboxylic acids is 1. The normalized spacial score (nSPS) is 19.6. The standard InChI is InChI=1S/C27H32N4O4/c1-33-23-7-4-20(5-8-23)6-9-25(32)31-14-11-27(12-15-31)18-21(10-16-34-27)17-24-29-26(30-35-24)22-3-2-13-28-19-22/h2-5,7-8,13,19,21H,6,9-12,14-18H2,1H3. The molecule has 1 spiro atoms. The molecule has 2 aliphatic heterocycles. The Morgan fingerprint density at radius 1 is 1.20 bits per heavy atom. The summed E-state index contributed by atoms with van der Waals surface area (Å²) in [4.78, 5) is 23.5. The molecule has 8 heteroatoms. The molecule has 0 radical (unpaired) electrons. The molecule has 1 unspecified atom stereocenters. The Labute approximate surface area is 205 Å². The summed E-state index contributed by atoms with van der Waals surface area (Å²) in [5, 5.41) is 4.13. The molecule has 0 N–H and O–H groups in total. The summed E-state index contributed by atoms with van der Waals surface area (Å²) >= 11 is 0. The fraction of sp³-hybridized carbons (Fsp3) is 0.481. The number of pyridine rings is 1. The van der Waals surface area contributed by atoms with Crippen molar-refractivity contribution in [2.75, 3.05) is 26.8 Å². The van der Waals surface area contributed by atoms with Crippen LogP contribution in [-0.2, 0) is 22.4 Å². The number of carbonyl (C=O) groups is 1. The van der Waals surface area contributed by atoms with Crippen LogP contribution >= 0.6 is 0 Å². The zero-order valence-electron chi connectivity index (χ0n) is 20.2. The number of nitrogens with zero attached hydrogens (tertiary/aromatic N) is 4. The van der Waals surface area contributed by atoms with Gasteiger partial charge in [0.15, 0.2) is 0 Å². The zero-order chi connectivity index (χ0) is 24.1. The molecule has 2 fully saturated rings. The molecule has 35 heavy (non-hydrogen) atoms. The summed E-state index contributed by atoms with van der Waals surface area (Å²) in [6.07, 6.45) is 9.19. The molecule has 1 aromatic carbocycles. The number of benzene rings is 1. The van der Waals surface area contributed by atoms with Crippen LogP contribution in [0, 0.1) is 5.92 Å². The van der Waals surface area contributed by atoms with E-state index in [9.17, 15) is 4.79 Å². The summed E-state index contributed by atoms with van der Waals surface area (Å²) < 4.78 is 17.0. The van der Waals surface area contributed by atoms with Crippen LogP contribution in [0.3, 0.4) is 0 Å². The average Bonchev–Trinajstić information content (AvgIpc) is 3.37. The fourth-order valence-corrected chi connectivity index (χ4v) is 5.21. The van der Waals surface area contributed by atoms with Gasteiger partial charge >= 0.3 is 0 Å². The second-order valence-corrected chi connectivity index (χ2v) is 9.58. The highest BCUT2D eigenvalue weighted by Crippen LogP contribution is 2.39. The molecule has 1 amide bonds. The molecule has 5 rings (SSSR count). The maximum absolute atomic E-state index is 12.8. The van der Waals surface area contributed by atoms with Gasteiger partial charge in [0, 0.05) is 50.5 Å². The lowest BCUT2D eigenvalue weighted by Crippen LogP contribution is -2.51. The number of hydrogen-bond donors (Lipinski definition) is 0. The second-order valence-electron chi connectivity index (χ2n) is 9.58. The lowest BCUT2D eigenvalue weighted by Gasteiger charge is -2.46. The third-order valence-corrected chi connectivity index (χ3v) is 7.26. The van der Waals surface area contributed by atoms with E-state index in [1.54, 1.807) is 19.5 Å². The highest BCUT2D eigenvalue weighted by atomic mass is 16.5. The van der Waals surface area contributed by atoms with Crippen molar-refractivity contribution in [1.29, 1.82) is 0 Å². The van der Waals surface area contributed by atoms with Gasteiger partial charge in [-0.1, -0.05) is 17.3 Å². The molecule has 2 aromatic heterocycles. The lowest BCUT2D eigenvalue weighted by molar-refractivity contribution is -0.147. The van der Waals surface area contributed by atoms with Crippen LogP contribution in [0.4, 0.5) is 0 Å². The number of amides is 1. The third-order valence-electron chi connectivity index (χ3n) is 7.26. The molecular formula is C27H32N4O4. The van der Waals surface area contributed by atoms with E-state index in [2.05, 4.69) is 15.1 Å². The van der Waals surface area contributed by atoms with Crippen LogP contribution in [-0.4, -0.2) is 58.3 Å². The molecule has 4 heterocycles. The fourth-order valence-electron chi connectivity index (χ4n) is 5.21. The van der Waals surface area contributed by atoms with Gasteiger partial charge in [-0.05, 0) is 67.9 Å². The molecule has 8 nitrogen and oxygen atoms in total. The van der Waals surface area contributed by atoms with Crippen LogP contribution in [0.5, 0.6) is 5.75 Å². The first kappa shape index (κ1) is 23.5. The Balaban J connectivity index is 1.11.